The molecule has 0 aliphatic carbocycles. The molecule has 1 aliphatic heterocycles. The van der Waals surface area contributed by atoms with E-state index in [1.165, 1.54) is 0 Å². The van der Waals surface area contributed by atoms with E-state index >= 15 is 0 Å². The van der Waals surface area contributed by atoms with Crippen molar-refractivity contribution in [1.29, 1.82) is 0 Å². The van der Waals surface area contributed by atoms with Crippen molar-refractivity contribution in [2.45, 2.75) is 0 Å². The van der Waals surface area contributed by atoms with Crippen LogP contribution in [0.4, 0.5) is 5.13 Å². The summed E-state index contributed by atoms with van der Waals surface area (Å²) < 4.78 is 1.09. The number of aromatic nitrogens is 1. The van der Waals surface area contributed by atoms with Gasteiger partial charge >= 0.3 is 0 Å². The number of carbonyl (C=O) groups excluding carboxylic acids is 1. The molecule has 1 fully saturated rings. The topological polar surface area (TPSA) is 36.4 Å². The van der Waals surface area contributed by atoms with Gasteiger partial charge in [-0.3, -0.25) is 4.79 Å². The van der Waals surface area contributed by atoms with Crippen LogP contribution in [0.3, 0.4) is 0 Å². The van der Waals surface area contributed by atoms with Crippen molar-refractivity contribution in [3.63, 3.8) is 0 Å². The van der Waals surface area contributed by atoms with Gasteiger partial charge in [0.1, 0.15) is 5.52 Å². The number of para-hydroxylation sites is 1. The molecule has 0 spiro atoms. The number of halogens is 1. The Bertz CT molecular complexity index is 634. The molecule has 0 atom stereocenters. The highest BCUT2D eigenvalue weighted by atomic mass is 35.5. The summed E-state index contributed by atoms with van der Waals surface area (Å²) in [5.74, 6) is 0.285. The predicted molar refractivity (Wildman–Crippen MR) is 79.0 cm³/mol. The molecular weight excluding hydrogens is 282 g/mol. The summed E-state index contributed by atoms with van der Waals surface area (Å²) >= 11 is 7.74. The summed E-state index contributed by atoms with van der Waals surface area (Å²) in [4.78, 5) is 20.1. The summed E-state index contributed by atoms with van der Waals surface area (Å²) in [5.41, 5.74) is 0.853. The highest BCUT2D eigenvalue weighted by Gasteiger charge is 2.35. The Labute approximate surface area is 120 Å². The lowest BCUT2D eigenvalue weighted by atomic mass is 10.00. The highest BCUT2D eigenvalue weighted by molar-refractivity contribution is 7.22. The van der Waals surface area contributed by atoms with Crippen molar-refractivity contribution in [3.05, 3.63) is 23.2 Å². The van der Waals surface area contributed by atoms with E-state index in [1.54, 1.807) is 30.3 Å². The number of nitrogens with zero attached hydrogens (tertiary/aromatic N) is 3. The number of rotatable bonds is 2. The Morgan fingerprint density at radius 3 is 2.84 bits per heavy atom. The van der Waals surface area contributed by atoms with Crippen LogP contribution in [-0.4, -0.2) is 43.0 Å². The SMILES string of the molecule is CN(C)C(=O)C1CN(c2nc3c(Cl)cccc3s2)C1. The lowest BCUT2D eigenvalue weighted by molar-refractivity contribution is -0.133. The normalized spacial score (nSPS) is 15.6. The van der Waals surface area contributed by atoms with Crippen LogP contribution in [0.1, 0.15) is 0 Å². The molecule has 0 N–H and O–H groups in total. The van der Waals surface area contributed by atoms with Crippen molar-refractivity contribution in [3.8, 4) is 0 Å². The zero-order valence-corrected chi connectivity index (χ0v) is 12.3. The molecule has 19 heavy (non-hydrogen) atoms. The maximum Gasteiger partial charge on any atom is 0.228 e. The first-order valence-corrected chi connectivity index (χ1v) is 7.27. The smallest absolute Gasteiger partial charge is 0.228 e. The maximum absolute atomic E-state index is 11.8. The van der Waals surface area contributed by atoms with Crippen molar-refractivity contribution in [2.24, 2.45) is 5.92 Å². The fourth-order valence-corrected chi connectivity index (χ4v) is 3.48. The number of amides is 1. The van der Waals surface area contributed by atoms with Crippen molar-refractivity contribution in [1.82, 2.24) is 9.88 Å². The molecule has 1 aromatic heterocycles. The molecule has 4 nitrogen and oxygen atoms in total. The van der Waals surface area contributed by atoms with Crippen molar-refractivity contribution in [2.75, 3.05) is 32.1 Å². The first-order valence-electron chi connectivity index (χ1n) is 6.07. The second-order valence-electron chi connectivity index (χ2n) is 4.92. The van der Waals surface area contributed by atoms with Gasteiger partial charge in [-0.1, -0.05) is 29.0 Å². The lowest BCUT2D eigenvalue weighted by Gasteiger charge is -2.39. The second kappa shape index (κ2) is 4.65. The average Bonchev–Trinajstić information content (AvgIpc) is 2.71. The van der Waals surface area contributed by atoms with E-state index in [4.69, 9.17) is 11.6 Å². The minimum atomic E-state index is 0.0949. The van der Waals surface area contributed by atoms with Gasteiger partial charge < -0.3 is 9.80 Å². The number of thiazole rings is 1. The minimum absolute atomic E-state index is 0.0949. The Morgan fingerprint density at radius 2 is 2.21 bits per heavy atom. The zero-order chi connectivity index (χ0) is 13.6. The van der Waals surface area contributed by atoms with E-state index in [1.807, 2.05) is 18.2 Å². The van der Waals surface area contributed by atoms with Crippen LogP contribution in [0.2, 0.25) is 5.02 Å². The lowest BCUT2D eigenvalue weighted by Crippen LogP contribution is -2.53. The quantitative estimate of drug-likeness (QED) is 0.854. The molecular formula is C13H14ClN3OS. The van der Waals surface area contributed by atoms with Crippen LogP contribution in [0.25, 0.3) is 10.2 Å². The zero-order valence-electron chi connectivity index (χ0n) is 10.8. The van der Waals surface area contributed by atoms with E-state index in [0.717, 1.165) is 28.4 Å². The van der Waals surface area contributed by atoms with Gasteiger partial charge in [0, 0.05) is 27.2 Å². The first-order chi connectivity index (χ1) is 9.06. The van der Waals surface area contributed by atoms with Gasteiger partial charge in [0.15, 0.2) is 5.13 Å². The number of fused-ring (bicyclic) bond motifs is 1. The van der Waals surface area contributed by atoms with Crippen LogP contribution in [0.5, 0.6) is 0 Å². The molecule has 1 aromatic carbocycles. The molecule has 1 amide bonds. The van der Waals surface area contributed by atoms with Gasteiger partial charge in [-0.2, -0.15) is 0 Å². The van der Waals surface area contributed by atoms with Gasteiger partial charge in [0.2, 0.25) is 5.91 Å². The number of hydrogen-bond donors (Lipinski definition) is 0. The van der Waals surface area contributed by atoms with Crippen molar-refractivity contribution >= 4 is 44.2 Å². The van der Waals surface area contributed by atoms with Gasteiger partial charge in [-0.05, 0) is 12.1 Å². The van der Waals surface area contributed by atoms with Gasteiger partial charge in [-0.25, -0.2) is 4.98 Å². The largest absolute Gasteiger partial charge is 0.348 e. The minimum Gasteiger partial charge on any atom is -0.348 e. The number of hydrogen-bond acceptors (Lipinski definition) is 4. The monoisotopic (exact) mass is 295 g/mol. The van der Waals surface area contributed by atoms with Crippen LogP contribution in [0.15, 0.2) is 18.2 Å². The molecule has 0 saturated carbocycles. The van der Waals surface area contributed by atoms with E-state index in [0.29, 0.717) is 5.02 Å². The van der Waals surface area contributed by atoms with Crippen LogP contribution in [-0.2, 0) is 4.79 Å². The maximum atomic E-state index is 11.8. The van der Waals surface area contributed by atoms with Crippen LogP contribution >= 0.6 is 22.9 Å². The van der Waals surface area contributed by atoms with E-state index in [-0.39, 0.29) is 11.8 Å². The Kier molecular flexibility index (Phi) is 3.11. The molecule has 100 valence electrons. The number of benzene rings is 1. The summed E-state index contributed by atoms with van der Waals surface area (Å²) in [6.07, 6.45) is 0. The second-order valence-corrected chi connectivity index (χ2v) is 6.33. The molecule has 2 heterocycles. The third-order valence-electron chi connectivity index (χ3n) is 3.30. The standard InChI is InChI=1S/C13H14ClN3OS/c1-16(2)12(18)8-6-17(7-8)13-15-11-9(14)4-3-5-10(11)19-13/h3-5,8H,6-7H2,1-2H3. The Hall–Kier alpha value is -1.33. The molecule has 2 aromatic rings. The van der Waals surface area contributed by atoms with E-state index in [2.05, 4.69) is 9.88 Å². The summed E-state index contributed by atoms with van der Waals surface area (Å²) in [7, 11) is 3.59. The Morgan fingerprint density at radius 1 is 1.47 bits per heavy atom. The van der Waals surface area contributed by atoms with Gasteiger partial charge in [-0.15, -0.1) is 0 Å². The molecule has 1 saturated heterocycles. The first kappa shape index (κ1) is 12.7. The summed E-state index contributed by atoms with van der Waals surface area (Å²) in [5, 5.41) is 1.63. The average molecular weight is 296 g/mol. The molecule has 0 radical (unpaired) electrons. The molecule has 0 unspecified atom stereocenters. The third-order valence-corrected chi connectivity index (χ3v) is 4.69. The predicted octanol–water partition coefficient (Wildman–Crippen LogP) is 2.47. The number of anilines is 1. The third kappa shape index (κ3) is 2.17. The molecule has 3 rings (SSSR count). The van der Waals surface area contributed by atoms with Gasteiger partial charge in [0.25, 0.3) is 0 Å². The highest BCUT2D eigenvalue weighted by Crippen LogP contribution is 2.35. The van der Waals surface area contributed by atoms with Crippen LogP contribution in [0, 0.1) is 5.92 Å². The van der Waals surface area contributed by atoms with Crippen LogP contribution < -0.4 is 4.90 Å². The van der Waals surface area contributed by atoms with Crippen molar-refractivity contribution < 1.29 is 4.79 Å². The van der Waals surface area contributed by atoms with Gasteiger partial charge in [0.05, 0.1) is 15.6 Å². The fourth-order valence-electron chi connectivity index (χ4n) is 2.19. The van der Waals surface area contributed by atoms with E-state index < -0.39 is 0 Å². The summed E-state index contributed by atoms with van der Waals surface area (Å²) in [6, 6.07) is 5.80. The molecule has 1 aliphatic rings. The number of carbonyl (C=O) groups is 1. The molecule has 0 bridgehead atoms. The fraction of sp³-hybridized carbons (Fsp3) is 0.385. The Balaban J connectivity index is 1.77. The molecule has 6 heteroatoms. The summed E-state index contributed by atoms with van der Waals surface area (Å²) in [6.45, 7) is 1.49. The van der Waals surface area contributed by atoms with E-state index in [9.17, 15) is 4.79 Å².